The number of halogens is 1. The molecule has 0 fully saturated rings. The van der Waals surface area contributed by atoms with E-state index in [1.165, 1.54) is 36.5 Å². The van der Waals surface area contributed by atoms with E-state index < -0.39 is 27.2 Å². The first-order valence-electron chi connectivity index (χ1n) is 7.05. The Hall–Kier alpha value is -2.98. The summed E-state index contributed by atoms with van der Waals surface area (Å²) in [4.78, 5) is 44.8. The molecule has 3 rings (SSSR count). The van der Waals surface area contributed by atoms with Crippen LogP contribution in [0.1, 0.15) is 6.92 Å². The van der Waals surface area contributed by atoms with Crippen LogP contribution in [0, 0.1) is 0 Å². The Kier molecular flexibility index (Phi) is 4.38. The molecule has 0 radical (unpaired) electrons. The molecule has 0 spiro atoms. The number of benzene rings is 1. The van der Waals surface area contributed by atoms with Gasteiger partial charge in [0.15, 0.2) is 0 Å². The third-order valence-corrected chi connectivity index (χ3v) is 5.21. The summed E-state index contributed by atoms with van der Waals surface area (Å²) in [6, 6.07) is 6.30. The molecule has 0 unspecified atom stereocenters. The van der Waals surface area contributed by atoms with Crippen molar-refractivity contribution in [2.24, 2.45) is 0 Å². The minimum atomic E-state index is -4.58. The van der Waals surface area contributed by atoms with Gasteiger partial charge in [0.25, 0.3) is 15.6 Å². The Morgan fingerprint density at radius 1 is 1.23 bits per heavy atom. The van der Waals surface area contributed by atoms with Gasteiger partial charge >= 0.3 is 11.7 Å². The van der Waals surface area contributed by atoms with Gasteiger partial charge in [0, 0.05) is 24.3 Å². The number of carbonyl (C=O) groups excluding carboxylic acids is 1. The number of hydrogen-bond acceptors (Lipinski definition) is 7. The van der Waals surface area contributed by atoms with Crippen molar-refractivity contribution in [1.82, 2.24) is 13.7 Å². The monoisotopic (exact) mass is 395 g/mol. The second kappa shape index (κ2) is 6.39. The van der Waals surface area contributed by atoms with Gasteiger partial charge in [-0.3, -0.25) is 9.78 Å². The van der Waals surface area contributed by atoms with E-state index in [0.717, 1.165) is 13.1 Å². The maximum atomic E-state index is 12.8. The molecule has 2 aromatic heterocycles. The van der Waals surface area contributed by atoms with Crippen LogP contribution in [0.2, 0.25) is 5.02 Å². The minimum absolute atomic E-state index is 0.0171. The largest absolute Gasteiger partial charge is 0.379 e. The highest BCUT2D eigenvalue weighted by molar-refractivity contribution is 7.89. The van der Waals surface area contributed by atoms with E-state index in [4.69, 9.17) is 16.4 Å². The predicted octanol–water partition coefficient (Wildman–Crippen LogP) is 0.424. The highest BCUT2D eigenvalue weighted by Gasteiger charge is 2.26. The summed E-state index contributed by atoms with van der Waals surface area (Å²) in [5, 5.41) is -0.0206. The molecule has 0 atom stereocenters. The second-order valence-corrected chi connectivity index (χ2v) is 7.31. The summed E-state index contributed by atoms with van der Waals surface area (Å²) in [5.41, 5.74) is -2.61. The quantitative estimate of drug-likeness (QED) is 0.630. The van der Waals surface area contributed by atoms with E-state index in [9.17, 15) is 22.8 Å². The van der Waals surface area contributed by atoms with Crippen molar-refractivity contribution in [3.8, 4) is 0 Å². The van der Waals surface area contributed by atoms with Crippen molar-refractivity contribution in [2.75, 3.05) is 0 Å². The van der Waals surface area contributed by atoms with Crippen molar-refractivity contribution in [1.29, 1.82) is 0 Å². The topological polar surface area (TPSA) is 117 Å². The van der Waals surface area contributed by atoms with Gasteiger partial charge in [0.05, 0.1) is 5.39 Å². The standard InChI is InChI=1S/C15H10ClN3O6S/c1-9(20)25-18-13-7-10(16)4-5-12(13)14(21)19(15(18)22)26(23,24)11-3-2-6-17-8-11/h2-8H,1H3. The fourth-order valence-electron chi connectivity index (χ4n) is 2.27. The molecule has 0 N–H and O–H groups in total. The molecule has 0 bridgehead atoms. The summed E-state index contributed by atoms with van der Waals surface area (Å²) in [6.45, 7) is 1.02. The minimum Gasteiger partial charge on any atom is -0.332 e. The summed E-state index contributed by atoms with van der Waals surface area (Å²) >= 11 is 5.87. The zero-order valence-electron chi connectivity index (χ0n) is 13.1. The molecule has 11 heteroatoms. The van der Waals surface area contributed by atoms with Crippen molar-refractivity contribution >= 4 is 38.5 Å². The number of fused-ring (bicyclic) bond motifs is 1. The van der Waals surface area contributed by atoms with Crippen LogP contribution in [0.4, 0.5) is 0 Å². The maximum Gasteiger partial charge on any atom is 0.379 e. The lowest BCUT2D eigenvalue weighted by molar-refractivity contribution is -0.141. The van der Waals surface area contributed by atoms with E-state index in [-0.39, 0.29) is 24.8 Å². The maximum absolute atomic E-state index is 12.8. The third kappa shape index (κ3) is 2.89. The molecule has 134 valence electrons. The summed E-state index contributed by atoms with van der Waals surface area (Å²) in [7, 11) is -4.58. The highest BCUT2D eigenvalue weighted by atomic mass is 35.5. The van der Waals surface area contributed by atoms with Crippen molar-refractivity contribution in [3.05, 3.63) is 68.6 Å². The van der Waals surface area contributed by atoms with Gasteiger partial charge in [-0.2, -0.15) is 0 Å². The van der Waals surface area contributed by atoms with Crippen LogP contribution in [0.3, 0.4) is 0 Å². The lowest BCUT2D eigenvalue weighted by Gasteiger charge is -2.13. The van der Waals surface area contributed by atoms with Crippen LogP contribution >= 0.6 is 11.6 Å². The Labute approximate surface area is 151 Å². The normalized spacial score (nSPS) is 11.5. The smallest absolute Gasteiger partial charge is 0.332 e. The summed E-state index contributed by atoms with van der Waals surface area (Å²) < 4.78 is 26.0. The lowest BCUT2D eigenvalue weighted by atomic mass is 10.2. The fraction of sp³-hybridized carbons (Fsp3) is 0.0667. The molecule has 9 nitrogen and oxygen atoms in total. The van der Waals surface area contributed by atoms with E-state index in [1.807, 2.05) is 0 Å². The summed E-state index contributed by atoms with van der Waals surface area (Å²) in [5.74, 6) is -0.891. The van der Waals surface area contributed by atoms with Crippen LogP contribution < -0.4 is 16.1 Å². The van der Waals surface area contributed by atoms with Gasteiger partial charge in [-0.15, -0.1) is 8.70 Å². The van der Waals surface area contributed by atoms with Crippen molar-refractivity contribution in [3.63, 3.8) is 0 Å². The number of aromatic nitrogens is 3. The van der Waals surface area contributed by atoms with Crippen LogP contribution in [0.5, 0.6) is 0 Å². The van der Waals surface area contributed by atoms with Gasteiger partial charge in [-0.1, -0.05) is 11.6 Å². The predicted molar refractivity (Wildman–Crippen MR) is 91.6 cm³/mol. The van der Waals surface area contributed by atoms with E-state index in [1.54, 1.807) is 0 Å². The Morgan fingerprint density at radius 2 is 1.96 bits per heavy atom. The first-order valence-corrected chi connectivity index (χ1v) is 8.87. The molecule has 1 aromatic carbocycles. The average Bonchev–Trinajstić information content (AvgIpc) is 2.59. The molecule has 0 saturated carbocycles. The number of hydrogen-bond donors (Lipinski definition) is 0. The number of pyridine rings is 1. The Bertz CT molecular complexity index is 1250. The van der Waals surface area contributed by atoms with Crippen molar-refractivity contribution < 1.29 is 18.0 Å². The zero-order valence-corrected chi connectivity index (χ0v) is 14.7. The molecular weight excluding hydrogens is 386 g/mol. The van der Waals surface area contributed by atoms with Crippen LogP contribution in [0.25, 0.3) is 10.9 Å². The second-order valence-electron chi connectivity index (χ2n) is 5.08. The lowest BCUT2D eigenvalue weighted by Crippen LogP contribution is -2.46. The molecule has 2 heterocycles. The molecule has 0 amide bonds. The number of rotatable bonds is 3. The number of nitrogens with zero attached hydrogens (tertiary/aromatic N) is 3. The third-order valence-electron chi connectivity index (χ3n) is 3.33. The van der Waals surface area contributed by atoms with Gasteiger partial charge in [-0.25, -0.2) is 18.0 Å². The molecule has 0 aliphatic rings. The summed E-state index contributed by atoms with van der Waals surface area (Å²) in [6.07, 6.45) is 2.32. The van der Waals surface area contributed by atoms with Gasteiger partial charge in [0.1, 0.15) is 10.4 Å². The highest BCUT2D eigenvalue weighted by Crippen LogP contribution is 2.16. The molecule has 26 heavy (non-hydrogen) atoms. The first-order chi connectivity index (χ1) is 12.2. The van der Waals surface area contributed by atoms with Gasteiger partial charge in [0.2, 0.25) is 0 Å². The molecule has 3 aromatic rings. The number of carbonyl (C=O) groups is 1. The molecule has 0 saturated heterocycles. The average molecular weight is 396 g/mol. The zero-order chi connectivity index (χ0) is 19.1. The van der Waals surface area contributed by atoms with Crippen LogP contribution in [-0.4, -0.2) is 28.1 Å². The van der Waals surface area contributed by atoms with Gasteiger partial charge in [-0.05, 0) is 30.3 Å². The van der Waals surface area contributed by atoms with E-state index >= 15 is 0 Å². The van der Waals surface area contributed by atoms with E-state index in [2.05, 4.69) is 4.98 Å². The first kappa shape index (κ1) is 17.8. The van der Waals surface area contributed by atoms with Crippen molar-refractivity contribution in [2.45, 2.75) is 11.8 Å². The molecule has 0 aliphatic heterocycles. The van der Waals surface area contributed by atoms with Gasteiger partial charge < -0.3 is 4.84 Å². The molecule has 0 aliphatic carbocycles. The Morgan fingerprint density at radius 3 is 2.58 bits per heavy atom. The molecular formula is C15H10ClN3O6S. The van der Waals surface area contributed by atoms with E-state index in [0.29, 0.717) is 4.73 Å². The SMILES string of the molecule is CC(=O)On1c(=O)n(S(=O)(=O)c2cccnc2)c(=O)c2ccc(Cl)cc21. The Balaban J connectivity index is 2.48. The van der Waals surface area contributed by atoms with Crippen LogP contribution in [-0.2, 0) is 14.8 Å². The fourth-order valence-corrected chi connectivity index (χ4v) is 3.69. The van der Waals surface area contributed by atoms with Crippen LogP contribution in [0.15, 0.2) is 57.2 Å².